The van der Waals surface area contributed by atoms with E-state index in [1.54, 1.807) is 5.19 Å². The topological polar surface area (TPSA) is 20.2 Å². The van der Waals surface area contributed by atoms with E-state index in [1.165, 1.54) is 102 Å². The Bertz CT molecular complexity index is 597. The van der Waals surface area contributed by atoms with Crippen molar-refractivity contribution in [2.45, 2.75) is 132 Å². The normalized spacial score (nSPS) is 24.0. The fraction of sp³-hybridized carbons (Fsp3) is 0.778. The Hall–Kier alpha value is -0.603. The van der Waals surface area contributed by atoms with Crippen LogP contribution in [0.15, 0.2) is 24.3 Å². The third kappa shape index (κ3) is 4.26. The first kappa shape index (κ1) is 21.6. The molecule has 3 fully saturated rings. The van der Waals surface area contributed by atoms with E-state index in [2.05, 4.69) is 24.3 Å². The van der Waals surface area contributed by atoms with Crippen molar-refractivity contribution in [3.63, 3.8) is 0 Å². The number of aliphatic hydroxyl groups is 1. The van der Waals surface area contributed by atoms with Crippen LogP contribution in [-0.2, 0) is 5.60 Å². The fourth-order valence-corrected chi connectivity index (χ4v) is 16.4. The van der Waals surface area contributed by atoms with Crippen LogP contribution < -0.4 is 5.19 Å². The second kappa shape index (κ2) is 9.26. The van der Waals surface area contributed by atoms with Gasteiger partial charge in [0, 0.05) is 0 Å². The van der Waals surface area contributed by atoms with E-state index in [4.69, 9.17) is 0 Å². The molecule has 0 aliphatic heterocycles. The molecule has 4 rings (SSSR count). The molecule has 3 aliphatic carbocycles. The molecular weight excluding hydrogens is 368 g/mol. The molecule has 0 atom stereocenters. The summed E-state index contributed by atoms with van der Waals surface area (Å²) < 4.78 is 0. The van der Waals surface area contributed by atoms with E-state index in [0.29, 0.717) is 0 Å². The van der Waals surface area contributed by atoms with Crippen molar-refractivity contribution in [2.24, 2.45) is 0 Å². The highest BCUT2D eigenvalue weighted by molar-refractivity contribution is 6.95. The maximum atomic E-state index is 11.3. The Morgan fingerprint density at radius 1 is 0.655 bits per heavy atom. The highest BCUT2D eigenvalue weighted by Gasteiger charge is 2.55. The molecule has 0 heterocycles. The summed E-state index contributed by atoms with van der Waals surface area (Å²) in [6.07, 6.45) is 21.9. The van der Waals surface area contributed by atoms with Crippen LogP contribution in [0.25, 0.3) is 0 Å². The SMILES string of the molecule is CC(C)(O)c1ccccc1[Si](C1CCCCC1)(C1CCCCC1)C1CCCCC1. The van der Waals surface area contributed by atoms with Crippen molar-refractivity contribution in [2.75, 3.05) is 0 Å². The molecule has 0 unspecified atom stereocenters. The predicted molar refractivity (Wildman–Crippen MR) is 128 cm³/mol. The fourth-order valence-electron chi connectivity index (χ4n) is 7.79. The minimum Gasteiger partial charge on any atom is -0.386 e. The van der Waals surface area contributed by atoms with Gasteiger partial charge in [-0.25, -0.2) is 0 Å². The van der Waals surface area contributed by atoms with E-state index >= 15 is 0 Å². The van der Waals surface area contributed by atoms with Gasteiger partial charge >= 0.3 is 0 Å². The van der Waals surface area contributed by atoms with E-state index in [0.717, 1.165) is 16.6 Å². The lowest BCUT2D eigenvalue weighted by atomic mass is 9.97. The van der Waals surface area contributed by atoms with E-state index in [1.807, 2.05) is 13.8 Å². The summed E-state index contributed by atoms with van der Waals surface area (Å²) in [7, 11) is -1.78. The summed E-state index contributed by atoms with van der Waals surface area (Å²) in [5, 5.41) is 12.9. The minimum absolute atomic E-state index is 0.729. The molecule has 0 aromatic heterocycles. The lowest BCUT2D eigenvalue weighted by Crippen LogP contribution is -2.62. The molecule has 2 heteroatoms. The van der Waals surface area contributed by atoms with E-state index in [9.17, 15) is 5.11 Å². The van der Waals surface area contributed by atoms with Gasteiger partial charge in [-0.3, -0.25) is 0 Å². The molecule has 0 saturated heterocycles. The Balaban J connectivity index is 1.91. The standard InChI is InChI=1S/C27H44OSi/c1-27(2,28)25-20-12-13-21-26(25)29(22-14-6-3-7-15-22,23-16-8-4-9-17-23)24-18-10-5-11-19-24/h12-13,20-24,28H,3-11,14-19H2,1-2H3. The molecule has 3 aliphatic rings. The second-order valence-electron chi connectivity index (χ2n) is 11.0. The summed E-state index contributed by atoms with van der Waals surface area (Å²) in [6.45, 7) is 4.07. The lowest BCUT2D eigenvalue weighted by Gasteiger charge is -2.54. The van der Waals surface area contributed by atoms with Crippen LogP contribution in [0.2, 0.25) is 16.6 Å². The summed E-state index contributed by atoms with van der Waals surface area (Å²) in [5.41, 5.74) is 3.41. The molecule has 162 valence electrons. The molecule has 29 heavy (non-hydrogen) atoms. The maximum absolute atomic E-state index is 11.3. The Kier molecular flexibility index (Phi) is 6.91. The summed E-state index contributed by atoms with van der Waals surface area (Å²) in [4.78, 5) is 0. The van der Waals surface area contributed by atoms with Gasteiger partial charge in [-0.1, -0.05) is 126 Å². The first-order valence-electron chi connectivity index (χ1n) is 12.9. The van der Waals surface area contributed by atoms with Crippen LogP contribution >= 0.6 is 0 Å². The van der Waals surface area contributed by atoms with Crippen LogP contribution in [-0.4, -0.2) is 13.2 Å². The Morgan fingerprint density at radius 2 is 1.03 bits per heavy atom. The zero-order valence-corrected chi connectivity index (χ0v) is 20.1. The number of rotatable bonds is 5. The minimum atomic E-state index is -1.78. The van der Waals surface area contributed by atoms with Gasteiger partial charge < -0.3 is 5.11 Å². The zero-order chi connectivity index (χ0) is 20.3. The quantitative estimate of drug-likeness (QED) is 0.494. The van der Waals surface area contributed by atoms with Gasteiger partial charge in [-0.05, 0) is 36.0 Å². The van der Waals surface area contributed by atoms with Crippen molar-refractivity contribution in [1.29, 1.82) is 0 Å². The number of hydrogen-bond acceptors (Lipinski definition) is 1. The molecule has 1 N–H and O–H groups in total. The van der Waals surface area contributed by atoms with Crippen LogP contribution in [0.5, 0.6) is 0 Å². The van der Waals surface area contributed by atoms with Crippen molar-refractivity contribution in [3.05, 3.63) is 29.8 Å². The first-order valence-corrected chi connectivity index (χ1v) is 15.1. The van der Waals surface area contributed by atoms with Crippen LogP contribution in [0.4, 0.5) is 0 Å². The Morgan fingerprint density at radius 3 is 1.41 bits per heavy atom. The van der Waals surface area contributed by atoms with Crippen LogP contribution in [0, 0.1) is 0 Å². The van der Waals surface area contributed by atoms with Gasteiger partial charge in [0.1, 0.15) is 0 Å². The van der Waals surface area contributed by atoms with E-state index < -0.39 is 13.7 Å². The molecule has 3 saturated carbocycles. The maximum Gasteiger partial charge on any atom is 0.0963 e. The first-order chi connectivity index (χ1) is 14.0. The summed E-state index contributed by atoms with van der Waals surface area (Å²) in [5.74, 6) is 0. The number of hydrogen-bond donors (Lipinski definition) is 1. The molecule has 0 amide bonds. The average Bonchev–Trinajstić information content (AvgIpc) is 2.76. The lowest BCUT2D eigenvalue weighted by molar-refractivity contribution is 0.0795. The van der Waals surface area contributed by atoms with Crippen molar-refractivity contribution < 1.29 is 5.11 Å². The summed E-state index contributed by atoms with van der Waals surface area (Å²) in [6, 6.07) is 9.28. The molecule has 0 spiro atoms. The molecule has 1 aromatic rings. The van der Waals surface area contributed by atoms with E-state index in [-0.39, 0.29) is 0 Å². The van der Waals surface area contributed by atoms with Gasteiger partial charge in [0.05, 0.1) is 13.7 Å². The monoisotopic (exact) mass is 412 g/mol. The van der Waals surface area contributed by atoms with Crippen molar-refractivity contribution in [1.82, 2.24) is 0 Å². The smallest absolute Gasteiger partial charge is 0.0963 e. The van der Waals surface area contributed by atoms with Gasteiger partial charge in [0.2, 0.25) is 0 Å². The van der Waals surface area contributed by atoms with Crippen molar-refractivity contribution >= 4 is 13.3 Å². The number of benzene rings is 1. The van der Waals surface area contributed by atoms with Crippen LogP contribution in [0.3, 0.4) is 0 Å². The second-order valence-corrected chi connectivity index (χ2v) is 15.9. The largest absolute Gasteiger partial charge is 0.386 e. The van der Waals surface area contributed by atoms with Gasteiger partial charge in [0.15, 0.2) is 0 Å². The molecule has 1 nitrogen and oxygen atoms in total. The molecule has 1 aromatic carbocycles. The Labute approximate surface area is 180 Å². The third-order valence-electron chi connectivity index (χ3n) is 8.89. The van der Waals surface area contributed by atoms with Crippen LogP contribution in [0.1, 0.15) is 116 Å². The average molecular weight is 413 g/mol. The molecular formula is C27H44OSi. The predicted octanol–water partition coefficient (Wildman–Crippen LogP) is 7.57. The third-order valence-corrected chi connectivity index (χ3v) is 16.0. The molecule has 0 radical (unpaired) electrons. The van der Waals surface area contributed by atoms with Gasteiger partial charge in [-0.2, -0.15) is 0 Å². The highest BCUT2D eigenvalue weighted by Crippen LogP contribution is 2.57. The summed E-state index contributed by atoms with van der Waals surface area (Å²) >= 11 is 0. The zero-order valence-electron chi connectivity index (χ0n) is 19.1. The molecule has 0 bridgehead atoms. The van der Waals surface area contributed by atoms with Gasteiger partial charge in [0.25, 0.3) is 0 Å². The highest BCUT2D eigenvalue weighted by atomic mass is 28.3. The van der Waals surface area contributed by atoms with Crippen molar-refractivity contribution in [3.8, 4) is 0 Å². The van der Waals surface area contributed by atoms with Gasteiger partial charge in [-0.15, -0.1) is 0 Å².